The van der Waals surface area contributed by atoms with Gasteiger partial charge in [-0.05, 0) is 5.56 Å². The molecule has 0 aliphatic carbocycles. The Kier molecular flexibility index (Phi) is 7.95. The minimum absolute atomic E-state index is 0.0913. The van der Waals surface area contributed by atoms with Crippen LogP contribution in [-0.2, 0) is 25.6 Å². The predicted molar refractivity (Wildman–Crippen MR) is 80.1 cm³/mol. The summed E-state index contributed by atoms with van der Waals surface area (Å²) in [7, 11) is 4.42. The van der Waals surface area contributed by atoms with Crippen molar-refractivity contribution in [2.75, 3.05) is 34.4 Å². The van der Waals surface area contributed by atoms with Crippen molar-refractivity contribution >= 4 is 12.0 Å². The number of likely N-dealkylation sites (N-methyl/N-ethyl adjacent to an activating group) is 1. The maximum absolute atomic E-state index is 12.1. The zero-order chi connectivity index (χ0) is 16.4. The fraction of sp³-hybridized carbons (Fsp3) is 0.467. The number of rotatable bonds is 8. The van der Waals surface area contributed by atoms with Crippen LogP contribution in [0.3, 0.4) is 0 Å². The second-order valence-electron chi connectivity index (χ2n) is 4.49. The van der Waals surface area contributed by atoms with Crippen LogP contribution in [0.15, 0.2) is 30.3 Å². The Labute approximate surface area is 130 Å². The summed E-state index contributed by atoms with van der Waals surface area (Å²) in [5.74, 6) is -0.303. The number of benzene rings is 1. The van der Waals surface area contributed by atoms with Crippen LogP contribution in [0.1, 0.15) is 5.56 Å². The van der Waals surface area contributed by atoms with Crippen LogP contribution in [0.25, 0.3) is 0 Å². The van der Waals surface area contributed by atoms with Gasteiger partial charge in [-0.15, -0.1) is 0 Å². The molecule has 1 N–H and O–H groups in total. The van der Waals surface area contributed by atoms with Gasteiger partial charge in [0.15, 0.2) is 6.29 Å². The van der Waals surface area contributed by atoms with Gasteiger partial charge < -0.3 is 19.5 Å². The van der Waals surface area contributed by atoms with Gasteiger partial charge in [-0.3, -0.25) is 9.69 Å². The van der Waals surface area contributed by atoms with Crippen molar-refractivity contribution in [3.8, 4) is 0 Å². The summed E-state index contributed by atoms with van der Waals surface area (Å²) in [6, 6.07) is 9.30. The number of carbonyl (C=O) groups excluding carboxylic acids is 2. The SMILES string of the molecule is CNC(=O)CN(CC(OC)OC)C(=O)OCc1ccccc1. The lowest BCUT2D eigenvalue weighted by Gasteiger charge is -2.25. The topological polar surface area (TPSA) is 77.1 Å². The number of nitrogens with one attached hydrogen (secondary N) is 1. The number of hydrogen-bond acceptors (Lipinski definition) is 5. The average molecular weight is 310 g/mol. The minimum Gasteiger partial charge on any atom is -0.445 e. The zero-order valence-electron chi connectivity index (χ0n) is 13.1. The third-order valence-corrected chi connectivity index (χ3v) is 2.97. The van der Waals surface area contributed by atoms with Gasteiger partial charge in [-0.1, -0.05) is 30.3 Å². The van der Waals surface area contributed by atoms with Gasteiger partial charge in [0, 0.05) is 21.3 Å². The monoisotopic (exact) mass is 310 g/mol. The Morgan fingerprint density at radius 3 is 2.36 bits per heavy atom. The highest BCUT2D eigenvalue weighted by Gasteiger charge is 2.22. The molecule has 0 aromatic heterocycles. The van der Waals surface area contributed by atoms with Gasteiger partial charge >= 0.3 is 6.09 Å². The molecule has 1 aromatic rings. The van der Waals surface area contributed by atoms with Crippen LogP contribution in [0.5, 0.6) is 0 Å². The summed E-state index contributed by atoms with van der Waals surface area (Å²) in [6.45, 7) is 0.0932. The molecule has 0 radical (unpaired) electrons. The quantitative estimate of drug-likeness (QED) is 0.725. The maximum atomic E-state index is 12.1. The largest absolute Gasteiger partial charge is 0.445 e. The first kappa shape index (κ1) is 17.9. The Morgan fingerprint density at radius 1 is 1.18 bits per heavy atom. The summed E-state index contributed by atoms with van der Waals surface area (Å²) in [6.07, 6.45) is -1.24. The minimum atomic E-state index is -0.631. The maximum Gasteiger partial charge on any atom is 0.410 e. The van der Waals surface area contributed by atoms with E-state index < -0.39 is 12.4 Å². The second kappa shape index (κ2) is 9.75. The molecule has 0 aliphatic rings. The molecule has 0 heterocycles. The van der Waals surface area contributed by atoms with Crippen molar-refractivity contribution < 1.29 is 23.8 Å². The molecule has 0 saturated heterocycles. The lowest BCUT2D eigenvalue weighted by molar-refractivity contribution is -0.127. The molecule has 1 rings (SSSR count). The molecule has 0 atom stereocenters. The van der Waals surface area contributed by atoms with Crippen LogP contribution in [0, 0.1) is 0 Å². The third kappa shape index (κ3) is 6.11. The van der Waals surface area contributed by atoms with Gasteiger partial charge in [0.05, 0.1) is 6.54 Å². The fourth-order valence-electron chi connectivity index (χ4n) is 1.69. The van der Waals surface area contributed by atoms with E-state index in [1.54, 1.807) is 0 Å². The summed E-state index contributed by atoms with van der Waals surface area (Å²) < 4.78 is 15.3. The molecule has 0 fully saturated rings. The molecule has 0 aliphatic heterocycles. The molecule has 1 aromatic carbocycles. The smallest absolute Gasteiger partial charge is 0.410 e. The first-order valence-corrected chi connectivity index (χ1v) is 6.82. The molecular weight excluding hydrogens is 288 g/mol. The molecule has 0 unspecified atom stereocenters. The van der Waals surface area contributed by atoms with Crippen LogP contribution < -0.4 is 5.32 Å². The summed E-state index contributed by atoms with van der Waals surface area (Å²) >= 11 is 0. The van der Waals surface area contributed by atoms with E-state index in [0.717, 1.165) is 5.56 Å². The van der Waals surface area contributed by atoms with E-state index in [-0.39, 0.29) is 25.6 Å². The number of nitrogens with zero attached hydrogens (tertiary/aromatic N) is 1. The van der Waals surface area contributed by atoms with E-state index in [9.17, 15) is 9.59 Å². The Bertz CT molecular complexity index is 462. The summed E-state index contributed by atoms with van der Waals surface area (Å²) in [5, 5.41) is 2.46. The molecular formula is C15H22N2O5. The highest BCUT2D eigenvalue weighted by molar-refractivity contribution is 5.81. The first-order chi connectivity index (χ1) is 10.6. The standard InChI is InChI=1S/C15H22N2O5/c1-16-13(18)9-17(10-14(20-2)21-3)15(19)22-11-12-7-5-4-6-8-12/h4-8,14H,9-11H2,1-3H3,(H,16,18). The van der Waals surface area contributed by atoms with Crippen LogP contribution in [0.2, 0.25) is 0 Å². The lowest BCUT2D eigenvalue weighted by Crippen LogP contribution is -2.44. The summed E-state index contributed by atoms with van der Waals surface area (Å²) in [4.78, 5) is 24.9. The van der Waals surface area contributed by atoms with Gasteiger partial charge in [-0.2, -0.15) is 0 Å². The van der Waals surface area contributed by atoms with Crippen molar-refractivity contribution in [1.29, 1.82) is 0 Å². The van der Waals surface area contributed by atoms with E-state index in [2.05, 4.69) is 5.32 Å². The number of amides is 2. The van der Waals surface area contributed by atoms with Gasteiger partial charge in [0.2, 0.25) is 5.91 Å². The molecule has 2 amide bonds. The number of ether oxygens (including phenoxy) is 3. The first-order valence-electron chi connectivity index (χ1n) is 6.82. The van der Waals surface area contributed by atoms with Gasteiger partial charge in [0.25, 0.3) is 0 Å². The van der Waals surface area contributed by atoms with E-state index in [4.69, 9.17) is 14.2 Å². The van der Waals surface area contributed by atoms with Crippen LogP contribution in [0.4, 0.5) is 4.79 Å². The number of carbonyl (C=O) groups is 2. The van der Waals surface area contributed by atoms with Crippen LogP contribution in [-0.4, -0.2) is 57.5 Å². The molecule has 0 spiro atoms. The van der Waals surface area contributed by atoms with Crippen molar-refractivity contribution in [1.82, 2.24) is 10.2 Å². The number of hydrogen-bond donors (Lipinski definition) is 1. The Balaban J connectivity index is 2.63. The van der Waals surface area contributed by atoms with E-state index in [1.807, 2.05) is 30.3 Å². The lowest BCUT2D eigenvalue weighted by atomic mass is 10.2. The number of methoxy groups -OCH3 is 2. The van der Waals surface area contributed by atoms with Gasteiger partial charge in [0.1, 0.15) is 13.2 Å². The van der Waals surface area contributed by atoms with Crippen molar-refractivity contribution in [2.45, 2.75) is 12.9 Å². The highest BCUT2D eigenvalue weighted by atomic mass is 16.7. The Morgan fingerprint density at radius 2 is 1.82 bits per heavy atom. The average Bonchev–Trinajstić information content (AvgIpc) is 2.57. The second-order valence-corrected chi connectivity index (χ2v) is 4.49. The molecule has 7 nitrogen and oxygen atoms in total. The fourth-order valence-corrected chi connectivity index (χ4v) is 1.69. The van der Waals surface area contributed by atoms with Crippen molar-refractivity contribution in [3.63, 3.8) is 0 Å². The summed E-state index contributed by atoms with van der Waals surface area (Å²) in [5.41, 5.74) is 0.866. The molecule has 0 bridgehead atoms. The van der Waals surface area contributed by atoms with E-state index >= 15 is 0 Å². The van der Waals surface area contributed by atoms with Crippen molar-refractivity contribution in [3.05, 3.63) is 35.9 Å². The van der Waals surface area contributed by atoms with E-state index in [0.29, 0.717) is 0 Å². The molecule has 7 heteroatoms. The van der Waals surface area contributed by atoms with Crippen LogP contribution >= 0.6 is 0 Å². The van der Waals surface area contributed by atoms with Gasteiger partial charge in [-0.25, -0.2) is 4.79 Å². The Hall–Kier alpha value is -2.12. The molecule has 0 saturated carbocycles. The third-order valence-electron chi connectivity index (χ3n) is 2.97. The van der Waals surface area contributed by atoms with Crippen molar-refractivity contribution in [2.24, 2.45) is 0 Å². The molecule has 22 heavy (non-hydrogen) atoms. The zero-order valence-corrected chi connectivity index (χ0v) is 13.1. The molecule has 122 valence electrons. The highest BCUT2D eigenvalue weighted by Crippen LogP contribution is 2.05. The van der Waals surface area contributed by atoms with E-state index in [1.165, 1.54) is 26.2 Å². The predicted octanol–water partition coefficient (Wildman–Crippen LogP) is 0.990. The normalized spacial score (nSPS) is 10.4.